The fraction of sp³-hybridized carbons (Fsp3) is 0.440. The number of anilines is 1. The van der Waals surface area contributed by atoms with Crippen molar-refractivity contribution in [1.29, 1.82) is 0 Å². The first-order chi connectivity index (χ1) is 16.7. The molecule has 8 nitrogen and oxygen atoms in total. The van der Waals surface area contributed by atoms with E-state index in [9.17, 15) is 18.0 Å². The Morgan fingerprint density at radius 1 is 1.11 bits per heavy atom. The summed E-state index contributed by atoms with van der Waals surface area (Å²) >= 11 is 1.80. The lowest BCUT2D eigenvalue weighted by molar-refractivity contribution is -0.119. The van der Waals surface area contributed by atoms with E-state index in [2.05, 4.69) is 36.5 Å². The van der Waals surface area contributed by atoms with Crippen LogP contribution >= 0.6 is 11.8 Å². The SMILES string of the molecule is Cc1cccc(CSCCCNC(=O)CN(c2ccc(C(=O)N3CCOCC3)cc2)S(C)(=O)=O)c1. The van der Waals surface area contributed by atoms with Crippen molar-refractivity contribution in [3.63, 3.8) is 0 Å². The first kappa shape index (κ1) is 27.0. The van der Waals surface area contributed by atoms with Crippen molar-refractivity contribution in [3.8, 4) is 0 Å². The van der Waals surface area contributed by atoms with Crippen LogP contribution in [0.2, 0.25) is 0 Å². The summed E-state index contributed by atoms with van der Waals surface area (Å²) in [5.41, 5.74) is 3.33. The van der Waals surface area contributed by atoms with Crippen LogP contribution in [0.4, 0.5) is 5.69 Å². The van der Waals surface area contributed by atoms with Crippen LogP contribution in [0.15, 0.2) is 48.5 Å². The average Bonchev–Trinajstić information content (AvgIpc) is 2.84. The highest BCUT2D eigenvalue weighted by molar-refractivity contribution is 7.98. The third kappa shape index (κ3) is 8.55. The molecule has 1 N–H and O–H groups in total. The number of benzene rings is 2. The van der Waals surface area contributed by atoms with Crippen LogP contribution in [-0.4, -0.2) is 76.5 Å². The summed E-state index contributed by atoms with van der Waals surface area (Å²) in [5.74, 6) is 1.32. The summed E-state index contributed by atoms with van der Waals surface area (Å²) in [6.45, 7) is 4.30. The molecule has 0 aromatic heterocycles. The number of nitrogens with one attached hydrogen (secondary N) is 1. The lowest BCUT2D eigenvalue weighted by atomic mass is 10.1. The molecule has 1 aliphatic heterocycles. The number of hydrogen-bond acceptors (Lipinski definition) is 6. The number of amides is 2. The minimum atomic E-state index is -3.68. The Kier molecular flexibility index (Phi) is 10.00. The van der Waals surface area contributed by atoms with E-state index in [0.717, 1.165) is 28.5 Å². The zero-order chi connectivity index (χ0) is 25.3. The molecule has 0 aliphatic carbocycles. The van der Waals surface area contributed by atoms with Crippen LogP contribution < -0.4 is 9.62 Å². The molecule has 0 saturated carbocycles. The minimum absolute atomic E-state index is 0.122. The van der Waals surface area contributed by atoms with Crippen LogP contribution in [-0.2, 0) is 25.3 Å². The Balaban J connectivity index is 1.47. The quantitative estimate of drug-likeness (QED) is 0.459. The lowest BCUT2D eigenvalue weighted by Crippen LogP contribution is -2.41. The van der Waals surface area contributed by atoms with Gasteiger partial charge in [0.05, 0.1) is 25.2 Å². The number of carbonyl (C=O) groups is 2. The molecule has 2 aromatic rings. The predicted octanol–water partition coefficient (Wildman–Crippen LogP) is 2.67. The molecule has 2 aromatic carbocycles. The highest BCUT2D eigenvalue weighted by Crippen LogP contribution is 2.19. The molecular weight excluding hydrogens is 486 g/mol. The molecule has 1 heterocycles. The van der Waals surface area contributed by atoms with Crippen molar-refractivity contribution in [2.45, 2.75) is 19.1 Å². The van der Waals surface area contributed by atoms with Crippen molar-refractivity contribution >= 4 is 39.3 Å². The van der Waals surface area contributed by atoms with Crippen molar-refractivity contribution in [2.24, 2.45) is 0 Å². The summed E-state index contributed by atoms with van der Waals surface area (Å²) in [5, 5.41) is 2.80. The first-order valence-electron chi connectivity index (χ1n) is 11.6. The second-order valence-corrected chi connectivity index (χ2v) is 11.5. The second-order valence-electron chi connectivity index (χ2n) is 8.47. The molecule has 2 amide bonds. The van der Waals surface area contributed by atoms with Crippen molar-refractivity contribution in [3.05, 3.63) is 65.2 Å². The Hall–Kier alpha value is -2.56. The van der Waals surface area contributed by atoms with E-state index in [0.29, 0.717) is 44.1 Å². The van der Waals surface area contributed by atoms with Crippen LogP contribution in [0.3, 0.4) is 0 Å². The summed E-state index contributed by atoms with van der Waals surface area (Å²) in [6.07, 6.45) is 1.86. The van der Waals surface area contributed by atoms with Gasteiger partial charge in [-0.1, -0.05) is 29.8 Å². The number of sulfonamides is 1. The number of aryl methyl sites for hydroxylation is 1. The zero-order valence-electron chi connectivity index (χ0n) is 20.2. The molecule has 0 atom stereocenters. The zero-order valence-corrected chi connectivity index (χ0v) is 21.9. The van der Waals surface area contributed by atoms with Gasteiger partial charge in [-0.15, -0.1) is 0 Å². The molecule has 1 aliphatic rings. The average molecular weight is 520 g/mol. The van der Waals surface area contributed by atoms with Crippen LogP contribution in [0.25, 0.3) is 0 Å². The van der Waals surface area contributed by atoms with Gasteiger partial charge in [-0.25, -0.2) is 8.42 Å². The summed E-state index contributed by atoms with van der Waals surface area (Å²) in [4.78, 5) is 26.8. The standard InChI is InChI=1S/C25H33N3O5S2/c1-20-5-3-6-21(17-20)19-34-16-4-11-26-24(29)18-28(35(2,31)32)23-9-7-22(8-10-23)25(30)27-12-14-33-15-13-27/h3,5-10,17H,4,11-16,18-19H2,1-2H3,(H,26,29). The largest absolute Gasteiger partial charge is 0.378 e. The van der Waals surface area contributed by atoms with E-state index < -0.39 is 10.0 Å². The Bertz CT molecular complexity index is 1100. The van der Waals surface area contributed by atoms with Crippen LogP contribution in [0.1, 0.15) is 27.9 Å². The van der Waals surface area contributed by atoms with Gasteiger partial charge in [0.25, 0.3) is 5.91 Å². The molecule has 0 bridgehead atoms. The highest BCUT2D eigenvalue weighted by Gasteiger charge is 2.22. The Labute approximate surface area is 212 Å². The number of thioether (sulfide) groups is 1. The molecule has 0 spiro atoms. The molecule has 190 valence electrons. The molecule has 3 rings (SSSR count). The molecular formula is C25H33N3O5S2. The van der Waals surface area contributed by atoms with Gasteiger partial charge >= 0.3 is 0 Å². The van der Waals surface area contributed by atoms with E-state index >= 15 is 0 Å². The van der Waals surface area contributed by atoms with Gasteiger partial charge in [0.1, 0.15) is 6.54 Å². The normalized spacial score (nSPS) is 13.9. The fourth-order valence-corrected chi connectivity index (χ4v) is 5.46. The number of nitrogens with zero attached hydrogens (tertiary/aromatic N) is 2. The third-order valence-electron chi connectivity index (χ3n) is 5.53. The molecule has 10 heteroatoms. The third-order valence-corrected chi connectivity index (χ3v) is 7.78. The van der Waals surface area contributed by atoms with Gasteiger partial charge in [0.2, 0.25) is 15.9 Å². The maximum atomic E-state index is 12.6. The topological polar surface area (TPSA) is 96.0 Å². The van der Waals surface area contributed by atoms with Crippen molar-refractivity contribution < 1.29 is 22.7 Å². The fourth-order valence-electron chi connectivity index (χ4n) is 3.70. The van der Waals surface area contributed by atoms with Crippen LogP contribution in [0.5, 0.6) is 0 Å². The molecule has 35 heavy (non-hydrogen) atoms. The molecule has 0 radical (unpaired) electrons. The number of hydrogen-bond donors (Lipinski definition) is 1. The predicted molar refractivity (Wildman–Crippen MR) is 140 cm³/mol. The molecule has 1 fully saturated rings. The number of rotatable bonds is 11. The molecule has 0 unspecified atom stereocenters. The summed E-state index contributed by atoms with van der Waals surface area (Å²) < 4.78 is 31.0. The monoisotopic (exact) mass is 519 g/mol. The smallest absolute Gasteiger partial charge is 0.254 e. The van der Waals surface area contributed by atoms with Crippen molar-refractivity contribution in [2.75, 3.05) is 55.7 Å². The lowest BCUT2D eigenvalue weighted by Gasteiger charge is -2.27. The van der Waals surface area contributed by atoms with Gasteiger partial charge in [-0.05, 0) is 48.9 Å². The van der Waals surface area contributed by atoms with Gasteiger partial charge in [-0.2, -0.15) is 11.8 Å². The van der Waals surface area contributed by atoms with Crippen molar-refractivity contribution in [1.82, 2.24) is 10.2 Å². The Morgan fingerprint density at radius 3 is 2.49 bits per heavy atom. The maximum Gasteiger partial charge on any atom is 0.254 e. The van der Waals surface area contributed by atoms with Gasteiger partial charge in [-0.3, -0.25) is 13.9 Å². The highest BCUT2D eigenvalue weighted by atomic mass is 32.2. The minimum Gasteiger partial charge on any atom is -0.378 e. The van der Waals surface area contributed by atoms with E-state index in [1.54, 1.807) is 40.9 Å². The van der Waals surface area contributed by atoms with E-state index in [4.69, 9.17) is 4.74 Å². The second kappa shape index (κ2) is 12.9. The van der Waals surface area contributed by atoms with Gasteiger partial charge in [0.15, 0.2) is 0 Å². The van der Waals surface area contributed by atoms with E-state index in [-0.39, 0.29) is 18.4 Å². The van der Waals surface area contributed by atoms with Gasteiger partial charge in [0, 0.05) is 31.0 Å². The Morgan fingerprint density at radius 2 is 1.83 bits per heavy atom. The summed E-state index contributed by atoms with van der Waals surface area (Å²) in [7, 11) is -3.68. The number of carbonyl (C=O) groups excluding carboxylic acids is 2. The van der Waals surface area contributed by atoms with Gasteiger partial charge < -0.3 is 15.0 Å². The summed E-state index contributed by atoms with van der Waals surface area (Å²) in [6, 6.07) is 14.7. The maximum absolute atomic E-state index is 12.6. The van der Waals surface area contributed by atoms with E-state index in [1.165, 1.54) is 11.1 Å². The number of ether oxygens (including phenoxy) is 1. The van der Waals surface area contributed by atoms with E-state index in [1.807, 2.05) is 0 Å². The van der Waals surface area contributed by atoms with Crippen LogP contribution in [0, 0.1) is 6.92 Å². The first-order valence-corrected chi connectivity index (χ1v) is 14.6. The molecule has 1 saturated heterocycles. The number of morpholine rings is 1.